The summed E-state index contributed by atoms with van der Waals surface area (Å²) < 4.78 is 5.62. The molecule has 4 rings (SSSR count). The Morgan fingerprint density at radius 3 is 2.56 bits per heavy atom. The number of nitrogens with zero attached hydrogens (tertiary/aromatic N) is 4. The van der Waals surface area contributed by atoms with E-state index in [9.17, 15) is 0 Å². The minimum Gasteiger partial charge on any atom is -0.463 e. The molecule has 0 amide bonds. The van der Waals surface area contributed by atoms with Gasteiger partial charge in [0.2, 0.25) is 5.95 Å². The lowest BCUT2D eigenvalue weighted by molar-refractivity contribution is 0.580. The van der Waals surface area contributed by atoms with Gasteiger partial charge in [-0.15, -0.1) is 0 Å². The van der Waals surface area contributed by atoms with Crippen LogP contribution in [0.25, 0.3) is 22.6 Å². The molecule has 0 fully saturated rings. The number of para-hydroxylation sites is 1. The minimum atomic E-state index is 0.512. The number of hydrogen-bond acceptors (Lipinski definition) is 6. The lowest BCUT2D eigenvalue weighted by Gasteiger charge is -2.14. The van der Waals surface area contributed by atoms with Gasteiger partial charge < -0.3 is 14.6 Å². The van der Waals surface area contributed by atoms with Gasteiger partial charge >= 0.3 is 0 Å². The first-order valence-corrected chi connectivity index (χ1v) is 8.57. The predicted molar refractivity (Wildman–Crippen MR) is 107 cm³/mol. The van der Waals surface area contributed by atoms with Crippen LogP contribution >= 0.6 is 0 Å². The smallest absolute Gasteiger partial charge is 0.227 e. The monoisotopic (exact) mass is 357 g/mol. The number of nitrogens with one attached hydrogen (secondary N) is 1. The summed E-state index contributed by atoms with van der Waals surface area (Å²) in [5.41, 5.74) is 3.51. The zero-order chi connectivity index (χ0) is 18.6. The number of aromatic nitrogens is 3. The van der Waals surface area contributed by atoms with Crippen LogP contribution in [-0.4, -0.2) is 29.0 Å². The summed E-state index contributed by atoms with van der Waals surface area (Å²) >= 11 is 0. The van der Waals surface area contributed by atoms with Crippen molar-refractivity contribution in [2.75, 3.05) is 24.3 Å². The van der Waals surface area contributed by atoms with Gasteiger partial charge in [0.1, 0.15) is 11.5 Å². The third-order valence-electron chi connectivity index (χ3n) is 4.09. The van der Waals surface area contributed by atoms with Gasteiger partial charge in [0, 0.05) is 37.7 Å². The molecule has 0 spiro atoms. The molecular weight excluding hydrogens is 338 g/mol. The third-order valence-corrected chi connectivity index (χ3v) is 4.09. The van der Waals surface area contributed by atoms with E-state index in [2.05, 4.69) is 15.3 Å². The van der Waals surface area contributed by atoms with Gasteiger partial charge in [0.05, 0.1) is 6.26 Å². The van der Waals surface area contributed by atoms with E-state index in [1.807, 2.05) is 79.8 Å². The fraction of sp³-hybridized carbons (Fsp3) is 0.0952. The molecule has 6 nitrogen and oxygen atoms in total. The molecule has 0 saturated carbocycles. The molecular formula is C21H19N5O. The summed E-state index contributed by atoms with van der Waals surface area (Å²) in [7, 11) is 3.92. The van der Waals surface area contributed by atoms with E-state index < -0.39 is 0 Å². The normalized spacial score (nSPS) is 10.6. The highest BCUT2D eigenvalue weighted by Gasteiger charge is 2.15. The van der Waals surface area contributed by atoms with Crippen molar-refractivity contribution in [2.45, 2.75) is 0 Å². The minimum absolute atomic E-state index is 0.512. The number of rotatable bonds is 5. The Morgan fingerprint density at radius 1 is 0.963 bits per heavy atom. The highest BCUT2D eigenvalue weighted by atomic mass is 16.3. The van der Waals surface area contributed by atoms with Crippen LogP contribution in [0, 0.1) is 0 Å². The summed E-state index contributed by atoms with van der Waals surface area (Å²) in [4.78, 5) is 15.5. The second kappa shape index (κ2) is 7.29. The second-order valence-corrected chi connectivity index (χ2v) is 6.22. The number of furan rings is 1. The molecule has 0 aliphatic heterocycles. The Hall–Kier alpha value is -3.67. The lowest BCUT2D eigenvalue weighted by atomic mass is 10.1. The van der Waals surface area contributed by atoms with E-state index in [4.69, 9.17) is 9.40 Å². The maximum atomic E-state index is 5.62. The SMILES string of the molecule is CN(C)c1cc(-c2cnc(Nc3ccccc3)nc2-c2ccco2)ccn1. The molecule has 0 aliphatic rings. The van der Waals surface area contributed by atoms with E-state index in [1.54, 1.807) is 12.5 Å². The first kappa shape index (κ1) is 16.8. The zero-order valence-corrected chi connectivity index (χ0v) is 15.1. The van der Waals surface area contributed by atoms with Crippen LogP contribution in [-0.2, 0) is 0 Å². The Morgan fingerprint density at radius 2 is 1.81 bits per heavy atom. The summed E-state index contributed by atoms with van der Waals surface area (Å²) in [5, 5.41) is 3.23. The standard InChI is InChI=1S/C21H19N5O/c1-26(2)19-13-15(10-11-22-19)17-14-23-21(24-16-7-4-3-5-8-16)25-20(17)18-9-6-12-27-18/h3-14H,1-2H3,(H,23,24,25). The molecule has 0 atom stereocenters. The maximum Gasteiger partial charge on any atom is 0.227 e. The topological polar surface area (TPSA) is 67.1 Å². The van der Waals surface area contributed by atoms with Crippen LogP contribution in [0.15, 0.2) is 77.7 Å². The molecule has 0 unspecified atom stereocenters. The number of benzene rings is 1. The Kier molecular flexibility index (Phi) is 4.53. The fourth-order valence-electron chi connectivity index (χ4n) is 2.74. The third kappa shape index (κ3) is 3.64. The zero-order valence-electron chi connectivity index (χ0n) is 15.1. The molecule has 0 bridgehead atoms. The molecule has 3 aromatic heterocycles. The molecule has 0 aliphatic carbocycles. The molecule has 3 heterocycles. The molecule has 0 saturated heterocycles. The predicted octanol–water partition coefficient (Wildman–Crippen LogP) is 4.61. The molecule has 6 heteroatoms. The summed E-state index contributed by atoms with van der Waals surface area (Å²) in [6.07, 6.45) is 5.24. The Bertz CT molecular complexity index is 1030. The van der Waals surface area contributed by atoms with Crippen LogP contribution in [0.4, 0.5) is 17.5 Å². The molecule has 4 aromatic rings. The van der Waals surface area contributed by atoms with Crippen molar-refractivity contribution in [3.8, 4) is 22.6 Å². The molecule has 0 radical (unpaired) electrons. The maximum absolute atomic E-state index is 5.62. The summed E-state index contributed by atoms with van der Waals surface area (Å²) in [5.74, 6) is 2.06. The number of pyridine rings is 1. The summed E-state index contributed by atoms with van der Waals surface area (Å²) in [6, 6.07) is 17.5. The van der Waals surface area contributed by atoms with Gasteiger partial charge in [-0.3, -0.25) is 0 Å². The van der Waals surface area contributed by atoms with Crippen molar-refractivity contribution in [1.29, 1.82) is 0 Å². The first-order valence-electron chi connectivity index (χ1n) is 8.57. The van der Waals surface area contributed by atoms with Crippen molar-refractivity contribution < 1.29 is 4.42 Å². The van der Waals surface area contributed by atoms with Crippen LogP contribution in [0.1, 0.15) is 0 Å². The van der Waals surface area contributed by atoms with Crippen molar-refractivity contribution >= 4 is 17.5 Å². The van der Waals surface area contributed by atoms with Crippen LogP contribution in [0.2, 0.25) is 0 Å². The van der Waals surface area contributed by atoms with Crippen molar-refractivity contribution in [3.63, 3.8) is 0 Å². The van der Waals surface area contributed by atoms with E-state index in [-0.39, 0.29) is 0 Å². The second-order valence-electron chi connectivity index (χ2n) is 6.22. The van der Waals surface area contributed by atoms with Crippen LogP contribution < -0.4 is 10.2 Å². The highest BCUT2D eigenvalue weighted by Crippen LogP contribution is 2.32. The molecule has 27 heavy (non-hydrogen) atoms. The van der Waals surface area contributed by atoms with Gasteiger partial charge in [-0.1, -0.05) is 18.2 Å². The lowest BCUT2D eigenvalue weighted by Crippen LogP contribution is -2.10. The van der Waals surface area contributed by atoms with Crippen molar-refractivity contribution in [3.05, 3.63) is 73.3 Å². The van der Waals surface area contributed by atoms with Crippen molar-refractivity contribution in [1.82, 2.24) is 15.0 Å². The largest absolute Gasteiger partial charge is 0.463 e. The van der Waals surface area contributed by atoms with E-state index in [0.717, 1.165) is 28.3 Å². The quantitative estimate of drug-likeness (QED) is 0.563. The number of anilines is 3. The van der Waals surface area contributed by atoms with Gasteiger partial charge in [0.15, 0.2) is 5.76 Å². The average molecular weight is 357 g/mol. The van der Waals surface area contributed by atoms with E-state index in [1.165, 1.54) is 0 Å². The van der Waals surface area contributed by atoms with E-state index in [0.29, 0.717) is 11.7 Å². The van der Waals surface area contributed by atoms with Gasteiger partial charge in [0.25, 0.3) is 0 Å². The average Bonchev–Trinajstić information content (AvgIpc) is 3.23. The van der Waals surface area contributed by atoms with Crippen molar-refractivity contribution in [2.24, 2.45) is 0 Å². The van der Waals surface area contributed by atoms with Gasteiger partial charge in [-0.25, -0.2) is 15.0 Å². The molecule has 1 N–H and O–H groups in total. The van der Waals surface area contributed by atoms with Gasteiger partial charge in [-0.05, 0) is 42.0 Å². The fourth-order valence-corrected chi connectivity index (χ4v) is 2.74. The van der Waals surface area contributed by atoms with Gasteiger partial charge in [-0.2, -0.15) is 0 Å². The Labute approximate surface area is 157 Å². The highest BCUT2D eigenvalue weighted by molar-refractivity contribution is 5.80. The number of hydrogen-bond donors (Lipinski definition) is 1. The van der Waals surface area contributed by atoms with E-state index >= 15 is 0 Å². The van der Waals surface area contributed by atoms with Crippen LogP contribution in [0.3, 0.4) is 0 Å². The van der Waals surface area contributed by atoms with Crippen LogP contribution in [0.5, 0.6) is 0 Å². The first-order chi connectivity index (χ1) is 13.2. The summed E-state index contributed by atoms with van der Waals surface area (Å²) in [6.45, 7) is 0. The molecule has 1 aromatic carbocycles. The Balaban J connectivity index is 1.79. The molecule has 134 valence electrons.